The van der Waals surface area contributed by atoms with Gasteiger partial charge in [-0.25, -0.2) is 14.5 Å². The summed E-state index contributed by atoms with van der Waals surface area (Å²) in [5.74, 6) is 0.469. The van der Waals surface area contributed by atoms with Crippen molar-refractivity contribution in [3.05, 3.63) is 0 Å². The maximum absolute atomic E-state index is 11.1. The van der Waals surface area contributed by atoms with Crippen LogP contribution in [0.25, 0.3) is 0 Å². The number of hydrogen-bond acceptors (Lipinski definition) is 2. The molecule has 1 fully saturated rings. The van der Waals surface area contributed by atoms with Crippen molar-refractivity contribution in [2.75, 3.05) is 0 Å². The molecule has 1 aliphatic heterocycles. The van der Waals surface area contributed by atoms with E-state index in [0.717, 1.165) is 6.42 Å². The molecular weight excluding hydrogens is 168 g/mol. The summed E-state index contributed by atoms with van der Waals surface area (Å²) in [7, 11) is 0. The molecule has 0 aromatic rings. The lowest BCUT2D eigenvalue weighted by molar-refractivity contribution is 0.106. The Labute approximate surface area is 78.3 Å². The minimum Gasteiger partial charge on any atom is -0.259 e. The summed E-state index contributed by atoms with van der Waals surface area (Å²) in [5.41, 5.74) is -0.367. The molecule has 0 atom stereocenters. The van der Waals surface area contributed by atoms with Gasteiger partial charge in [-0.15, -0.1) is 0 Å². The van der Waals surface area contributed by atoms with E-state index < -0.39 is 0 Å². The van der Waals surface area contributed by atoms with Crippen LogP contribution in [0.5, 0.6) is 0 Å². The molecular formula is C9H16N2O2. The third-order valence-electron chi connectivity index (χ3n) is 2.13. The van der Waals surface area contributed by atoms with Gasteiger partial charge >= 0.3 is 12.1 Å². The van der Waals surface area contributed by atoms with E-state index >= 15 is 0 Å². The molecule has 0 aromatic carbocycles. The van der Waals surface area contributed by atoms with Crippen LogP contribution in [-0.4, -0.2) is 22.5 Å². The molecule has 4 nitrogen and oxygen atoms in total. The van der Waals surface area contributed by atoms with E-state index in [-0.39, 0.29) is 17.6 Å². The van der Waals surface area contributed by atoms with E-state index in [2.05, 4.69) is 19.2 Å². The number of carbonyl (C=O) groups excluding carboxylic acids is 2. The number of urea groups is 2. The van der Waals surface area contributed by atoms with Crippen LogP contribution in [0, 0.1) is 5.92 Å². The van der Waals surface area contributed by atoms with E-state index in [0.29, 0.717) is 5.92 Å². The Kier molecular flexibility index (Phi) is 2.32. The highest BCUT2D eigenvalue weighted by atomic mass is 16.2. The third-order valence-corrected chi connectivity index (χ3v) is 2.13. The van der Waals surface area contributed by atoms with E-state index in [9.17, 15) is 9.59 Å². The highest BCUT2D eigenvalue weighted by Gasteiger charge is 2.44. The van der Waals surface area contributed by atoms with Crippen molar-refractivity contribution in [2.45, 2.75) is 39.7 Å². The minimum absolute atomic E-state index is 0.282. The monoisotopic (exact) mass is 184 g/mol. The summed E-state index contributed by atoms with van der Waals surface area (Å²) < 4.78 is 0. The standard InChI is InChI=1S/C9H16N2O2/c1-6(2)5-9(3,4)11-7(12)10-8(11)13/h6H,5H2,1-4H3,(H,10,12,13). The van der Waals surface area contributed by atoms with Gasteiger partial charge in [0, 0.05) is 5.54 Å². The van der Waals surface area contributed by atoms with Crippen LogP contribution in [0.4, 0.5) is 9.59 Å². The lowest BCUT2D eigenvalue weighted by atomic mass is 9.90. The number of amides is 4. The zero-order valence-electron chi connectivity index (χ0n) is 8.55. The van der Waals surface area contributed by atoms with Gasteiger partial charge in [0.1, 0.15) is 0 Å². The van der Waals surface area contributed by atoms with Crippen LogP contribution in [0.2, 0.25) is 0 Å². The molecule has 74 valence electrons. The Bertz CT molecular complexity index is 232. The second kappa shape index (κ2) is 3.01. The lowest BCUT2D eigenvalue weighted by Crippen LogP contribution is -2.68. The zero-order valence-corrected chi connectivity index (χ0v) is 8.55. The Hall–Kier alpha value is -1.06. The molecule has 1 rings (SSSR count). The highest BCUT2D eigenvalue weighted by Crippen LogP contribution is 2.26. The van der Waals surface area contributed by atoms with Crippen LogP contribution >= 0.6 is 0 Å². The van der Waals surface area contributed by atoms with Gasteiger partial charge in [0.05, 0.1) is 0 Å². The fourth-order valence-electron chi connectivity index (χ4n) is 1.88. The SMILES string of the molecule is CC(C)CC(C)(C)N1C(=O)NC1=O. The number of carbonyl (C=O) groups is 2. The van der Waals surface area contributed by atoms with Crippen LogP contribution in [-0.2, 0) is 0 Å². The Morgan fingerprint density at radius 1 is 1.31 bits per heavy atom. The first kappa shape index (κ1) is 10.0. The number of nitrogens with zero attached hydrogens (tertiary/aromatic N) is 1. The van der Waals surface area contributed by atoms with Gasteiger partial charge in [-0.05, 0) is 26.2 Å². The Balaban J connectivity index is 2.68. The van der Waals surface area contributed by atoms with Gasteiger partial charge < -0.3 is 0 Å². The molecule has 0 bridgehead atoms. The van der Waals surface area contributed by atoms with E-state index in [4.69, 9.17) is 0 Å². The molecule has 0 aromatic heterocycles. The first-order chi connectivity index (χ1) is 5.84. The summed E-state index contributed by atoms with van der Waals surface area (Å²) in [6, 6.07) is -0.564. The molecule has 1 N–H and O–H groups in total. The molecule has 0 saturated carbocycles. The maximum Gasteiger partial charge on any atom is 0.334 e. The molecule has 0 spiro atoms. The molecule has 4 heteroatoms. The number of rotatable bonds is 3. The first-order valence-corrected chi connectivity index (χ1v) is 4.50. The summed E-state index contributed by atoms with van der Waals surface area (Å²) in [5, 5.41) is 2.18. The van der Waals surface area contributed by atoms with Crippen molar-refractivity contribution < 1.29 is 9.59 Å². The fraction of sp³-hybridized carbons (Fsp3) is 0.778. The second-order valence-corrected chi connectivity index (χ2v) is 4.48. The summed E-state index contributed by atoms with van der Waals surface area (Å²) in [6.45, 7) is 7.96. The quantitative estimate of drug-likeness (QED) is 0.728. The van der Waals surface area contributed by atoms with Crippen molar-refractivity contribution in [1.29, 1.82) is 0 Å². The van der Waals surface area contributed by atoms with Gasteiger partial charge in [-0.3, -0.25) is 5.32 Å². The molecule has 0 radical (unpaired) electrons. The topological polar surface area (TPSA) is 49.4 Å². The predicted molar refractivity (Wildman–Crippen MR) is 49.3 cm³/mol. The van der Waals surface area contributed by atoms with Crippen molar-refractivity contribution in [2.24, 2.45) is 5.92 Å². The Morgan fingerprint density at radius 2 is 1.77 bits per heavy atom. The summed E-state index contributed by atoms with van der Waals surface area (Å²) in [6.07, 6.45) is 0.826. The molecule has 1 saturated heterocycles. The predicted octanol–water partition coefficient (Wildman–Crippen LogP) is 1.96. The molecule has 1 heterocycles. The molecule has 4 amide bonds. The largest absolute Gasteiger partial charge is 0.334 e. The number of hydrogen-bond donors (Lipinski definition) is 1. The third kappa shape index (κ3) is 1.82. The average Bonchev–Trinajstić information content (AvgIpc) is 1.80. The molecule has 13 heavy (non-hydrogen) atoms. The number of imide groups is 2. The molecule has 0 aliphatic carbocycles. The fourth-order valence-corrected chi connectivity index (χ4v) is 1.88. The van der Waals surface area contributed by atoms with Crippen molar-refractivity contribution in [1.82, 2.24) is 10.2 Å². The smallest absolute Gasteiger partial charge is 0.259 e. The van der Waals surface area contributed by atoms with Gasteiger partial charge in [0.2, 0.25) is 0 Å². The van der Waals surface area contributed by atoms with Crippen LogP contribution in [0.15, 0.2) is 0 Å². The van der Waals surface area contributed by atoms with E-state index in [1.165, 1.54) is 4.90 Å². The van der Waals surface area contributed by atoms with Crippen LogP contribution < -0.4 is 5.32 Å². The van der Waals surface area contributed by atoms with Crippen LogP contribution in [0.3, 0.4) is 0 Å². The molecule has 1 aliphatic rings. The summed E-state index contributed by atoms with van der Waals surface area (Å²) in [4.78, 5) is 23.4. The minimum atomic E-state index is -0.367. The normalized spacial score (nSPS) is 17.5. The lowest BCUT2D eigenvalue weighted by Gasteiger charge is -2.42. The number of nitrogens with one attached hydrogen (secondary N) is 1. The summed E-state index contributed by atoms with van der Waals surface area (Å²) >= 11 is 0. The second-order valence-electron chi connectivity index (χ2n) is 4.48. The van der Waals surface area contributed by atoms with Crippen LogP contribution in [0.1, 0.15) is 34.1 Å². The van der Waals surface area contributed by atoms with Crippen molar-refractivity contribution in [3.8, 4) is 0 Å². The maximum atomic E-state index is 11.1. The zero-order chi connectivity index (χ0) is 10.2. The van der Waals surface area contributed by atoms with E-state index in [1.807, 2.05) is 13.8 Å². The van der Waals surface area contributed by atoms with Gasteiger partial charge in [-0.1, -0.05) is 13.8 Å². The van der Waals surface area contributed by atoms with Gasteiger partial charge in [0.25, 0.3) is 0 Å². The molecule has 0 unspecified atom stereocenters. The first-order valence-electron chi connectivity index (χ1n) is 4.50. The highest BCUT2D eigenvalue weighted by molar-refractivity contribution is 6.12. The van der Waals surface area contributed by atoms with E-state index in [1.54, 1.807) is 0 Å². The van der Waals surface area contributed by atoms with Gasteiger partial charge in [-0.2, -0.15) is 0 Å². The average molecular weight is 184 g/mol. The van der Waals surface area contributed by atoms with Crippen molar-refractivity contribution >= 4 is 12.1 Å². The van der Waals surface area contributed by atoms with Gasteiger partial charge in [0.15, 0.2) is 0 Å². The Morgan fingerprint density at radius 3 is 2.08 bits per heavy atom. The van der Waals surface area contributed by atoms with Crippen molar-refractivity contribution in [3.63, 3.8) is 0 Å².